The third kappa shape index (κ3) is 4.21. The number of hydrogen-bond donors (Lipinski definition) is 3. The molecule has 3 rings (SSSR count). The number of aliphatic hydroxyl groups excluding tert-OH is 1. The first-order valence-electron chi connectivity index (χ1n) is 9.41. The third-order valence-corrected chi connectivity index (χ3v) is 5.61. The normalized spacial score (nSPS) is 20.5. The zero-order valence-electron chi connectivity index (χ0n) is 14.7. The molecule has 2 fully saturated rings. The van der Waals surface area contributed by atoms with Crippen molar-refractivity contribution >= 4 is 11.8 Å². The van der Waals surface area contributed by atoms with E-state index in [0.29, 0.717) is 12.5 Å². The van der Waals surface area contributed by atoms with Gasteiger partial charge in [-0.25, -0.2) is 0 Å². The van der Waals surface area contributed by atoms with Gasteiger partial charge in [-0.3, -0.25) is 9.59 Å². The molecule has 25 heavy (non-hydrogen) atoms. The fourth-order valence-corrected chi connectivity index (χ4v) is 3.78. The second-order valence-electron chi connectivity index (χ2n) is 7.41. The Morgan fingerprint density at radius 2 is 1.80 bits per heavy atom. The SMILES string of the molecule is O=C(NCC1CCCCC1)[C@H](CO)NC(=O)C1(c2ccccc2)CC1. The van der Waals surface area contributed by atoms with Crippen molar-refractivity contribution in [2.75, 3.05) is 13.2 Å². The summed E-state index contributed by atoms with van der Waals surface area (Å²) in [5, 5.41) is 15.2. The lowest BCUT2D eigenvalue weighted by atomic mass is 9.89. The summed E-state index contributed by atoms with van der Waals surface area (Å²) in [6, 6.07) is 8.78. The van der Waals surface area contributed by atoms with Gasteiger partial charge in [0.2, 0.25) is 11.8 Å². The molecular formula is C20H28N2O3. The van der Waals surface area contributed by atoms with Gasteiger partial charge in [-0.1, -0.05) is 49.6 Å². The maximum atomic E-state index is 12.7. The molecule has 3 N–H and O–H groups in total. The van der Waals surface area contributed by atoms with Crippen molar-refractivity contribution in [3.05, 3.63) is 35.9 Å². The van der Waals surface area contributed by atoms with Crippen LogP contribution in [0.3, 0.4) is 0 Å². The van der Waals surface area contributed by atoms with Crippen molar-refractivity contribution < 1.29 is 14.7 Å². The summed E-state index contributed by atoms with van der Waals surface area (Å²) in [7, 11) is 0. The lowest BCUT2D eigenvalue weighted by Gasteiger charge is -2.24. The summed E-state index contributed by atoms with van der Waals surface area (Å²) in [6.45, 7) is 0.252. The van der Waals surface area contributed by atoms with Crippen LogP contribution >= 0.6 is 0 Å². The van der Waals surface area contributed by atoms with Crippen molar-refractivity contribution in [1.82, 2.24) is 10.6 Å². The van der Waals surface area contributed by atoms with Gasteiger partial charge < -0.3 is 15.7 Å². The molecule has 1 aromatic carbocycles. The number of benzene rings is 1. The Balaban J connectivity index is 1.54. The summed E-state index contributed by atoms with van der Waals surface area (Å²) >= 11 is 0. The van der Waals surface area contributed by atoms with Gasteiger partial charge in [-0.2, -0.15) is 0 Å². The molecular weight excluding hydrogens is 316 g/mol. The average Bonchev–Trinajstić information content (AvgIpc) is 3.47. The first-order chi connectivity index (χ1) is 12.2. The fraction of sp³-hybridized carbons (Fsp3) is 0.600. The molecule has 1 aromatic rings. The predicted octanol–water partition coefficient (Wildman–Crippen LogP) is 1.89. The predicted molar refractivity (Wildman–Crippen MR) is 96.0 cm³/mol. The Morgan fingerprint density at radius 3 is 2.40 bits per heavy atom. The highest BCUT2D eigenvalue weighted by atomic mass is 16.3. The van der Waals surface area contributed by atoms with Crippen LogP contribution in [0.15, 0.2) is 30.3 Å². The zero-order chi connectivity index (χ0) is 17.7. The quantitative estimate of drug-likeness (QED) is 0.707. The Kier molecular flexibility index (Phi) is 5.74. The van der Waals surface area contributed by atoms with Crippen LogP contribution in [0.1, 0.15) is 50.5 Å². The van der Waals surface area contributed by atoms with Gasteiger partial charge in [-0.15, -0.1) is 0 Å². The molecule has 5 nitrogen and oxygen atoms in total. The van der Waals surface area contributed by atoms with Gasteiger partial charge in [-0.05, 0) is 37.2 Å². The van der Waals surface area contributed by atoms with E-state index >= 15 is 0 Å². The summed E-state index contributed by atoms with van der Waals surface area (Å²) in [5.74, 6) is 0.0719. The molecule has 0 radical (unpaired) electrons. The first kappa shape index (κ1) is 17.9. The van der Waals surface area contributed by atoms with Gasteiger partial charge in [0.1, 0.15) is 6.04 Å². The van der Waals surface area contributed by atoms with Crippen molar-refractivity contribution in [2.24, 2.45) is 5.92 Å². The Labute approximate surface area is 149 Å². The lowest BCUT2D eigenvalue weighted by molar-refractivity contribution is -0.131. The molecule has 0 aliphatic heterocycles. The summed E-state index contributed by atoms with van der Waals surface area (Å²) in [4.78, 5) is 25.1. The van der Waals surface area contributed by atoms with Crippen molar-refractivity contribution in [1.29, 1.82) is 0 Å². The van der Waals surface area contributed by atoms with E-state index in [1.54, 1.807) is 0 Å². The van der Waals surface area contributed by atoms with Gasteiger partial charge in [0.15, 0.2) is 0 Å². The molecule has 2 amide bonds. The molecule has 136 valence electrons. The van der Waals surface area contributed by atoms with Crippen molar-refractivity contribution in [3.63, 3.8) is 0 Å². The minimum absolute atomic E-state index is 0.162. The largest absolute Gasteiger partial charge is 0.394 e. The minimum atomic E-state index is -0.878. The summed E-state index contributed by atoms with van der Waals surface area (Å²) in [6.07, 6.45) is 7.58. The van der Waals surface area contributed by atoms with Gasteiger partial charge in [0.25, 0.3) is 0 Å². The Bertz CT molecular complexity index is 592. The number of amides is 2. The maximum Gasteiger partial charge on any atom is 0.244 e. The van der Waals surface area contributed by atoms with Crippen molar-refractivity contribution in [2.45, 2.75) is 56.4 Å². The molecule has 1 atom stereocenters. The second kappa shape index (κ2) is 8.00. The van der Waals surface area contributed by atoms with Gasteiger partial charge >= 0.3 is 0 Å². The zero-order valence-corrected chi connectivity index (χ0v) is 14.7. The summed E-state index contributed by atoms with van der Waals surface area (Å²) in [5.41, 5.74) is 0.449. The van der Waals surface area contributed by atoms with E-state index in [9.17, 15) is 14.7 Å². The number of rotatable bonds is 7. The van der Waals surface area contributed by atoms with Gasteiger partial charge in [0.05, 0.1) is 12.0 Å². The van der Waals surface area contributed by atoms with E-state index in [-0.39, 0.29) is 18.4 Å². The summed E-state index contributed by atoms with van der Waals surface area (Å²) < 4.78 is 0. The van der Waals surface area contributed by atoms with Crippen LogP contribution in [-0.4, -0.2) is 36.1 Å². The molecule has 0 spiro atoms. The number of carbonyl (C=O) groups is 2. The van der Waals surface area contributed by atoms with E-state index in [0.717, 1.165) is 31.2 Å². The molecule has 2 saturated carbocycles. The lowest BCUT2D eigenvalue weighted by Crippen LogP contribution is -2.52. The highest BCUT2D eigenvalue weighted by Crippen LogP contribution is 2.48. The van der Waals surface area contributed by atoms with E-state index in [1.165, 1.54) is 19.3 Å². The van der Waals surface area contributed by atoms with Crippen LogP contribution in [-0.2, 0) is 15.0 Å². The van der Waals surface area contributed by atoms with Crippen LogP contribution in [0, 0.1) is 5.92 Å². The molecule has 2 aliphatic rings. The third-order valence-electron chi connectivity index (χ3n) is 5.61. The highest BCUT2D eigenvalue weighted by Gasteiger charge is 2.51. The van der Waals surface area contributed by atoms with Crippen LogP contribution in [0.4, 0.5) is 0 Å². The molecule has 0 heterocycles. The van der Waals surface area contributed by atoms with Crippen LogP contribution in [0.5, 0.6) is 0 Å². The molecule has 5 heteroatoms. The number of carbonyl (C=O) groups excluding carboxylic acids is 2. The molecule has 0 unspecified atom stereocenters. The minimum Gasteiger partial charge on any atom is -0.394 e. The molecule has 0 bridgehead atoms. The maximum absolute atomic E-state index is 12.7. The standard InChI is InChI=1S/C20H28N2O3/c23-14-17(18(24)21-13-15-7-3-1-4-8-15)22-19(25)20(11-12-20)16-9-5-2-6-10-16/h2,5-6,9-10,15,17,23H,1,3-4,7-8,11-14H2,(H,21,24)(H,22,25)/t17-/m0/s1. The van der Waals surface area contributed by atoms with Crippen LogP contribution < -0.4 is 10.6 Å². The van der Waals surface area contributed by atoms with E-state index in [4.69, 9.17) is 0 Å². The van der Waals surface area contributed by atoms with E-state index in [1.807, 2.05) is 30.3 Å². The first-order valence-corrected chi connectivity index (χ1v) is 9.41. The van der Waals surface area contributed by atoms with Crippen LogP contribution in [0.2, 0.25) is 0 Å². The molecule has 2 aliphatic carbocycles. The monoisotopic (exact) mass is 344 g/mol. The number of hydrogen-bond acceptors (Lipinski definition) is 3. The second-order valence-corrected chi connectivity index (χ2v) is 7.41. The highest BCUT2D eigenvalue weighted by molar-refractivity contribution is 5.95. The van der Waals surface area contributed by atoms with Crippen LogP contribution in [0.25, 0.3) is 0 Å². The Hall–Kier alpha value is -1.88. The Morgan fingerprint density at radius 1 is 1.12 bits per heavy atom. The molecule has 0 aromatic heterocycles. The van der Waals surface area contributed by atoms with Crippen molar-refractivity contribution in [3.8, 4) is 0 Å². The topological polar surface area (TPSA) is 78.4 Å². The smallest absolute Gasteiger partial charge is 0.244 e. The van der Waals surface area contributed by atoms with Gasteiger partial charge in [0, 0.05) is 6.54 Å². The molecule has 0 saturated heterocycles. The number of aliphatic hydroxyl groups is 1. The van der Waals surface area contributed by atoms with E-state index in [2.05, 4.69) is 10.6 Å². The van der Waals surface area contributed by atoms with E-state index < -0.39 is 11.5 Å². The fourth-order valence-electron chi connectivity index (χ4n) is 3.78. The average molecular weight is 344 g/mol. The number of nitrogens with one attached hydrogen (secondary N) is 2.